The number of hydrazone groups is 1. The number of aromatic nitrogens is 1. The highest BCUT2D eigenvalue weighted by Gasteiger charge is 2.21. The number of thiazole rings is 1. The lowest BCUT2D eigenvalue weighted by Gasteiger charge is -2.18. The van der Waals surface area contributed by atoms with Crippen molar-refractivity contribution >= 4 is 51.6 Å². The molecule has 3 rings (SSSR count). The van der Waals surface area contributed by atoms with E-state index in [1.165, 1.54) is 19.2 Å². The SMILES string of the molecule is CC(=O)N(c1nc(/C=N\Nc2cccc(Cl)c2)cs1)c1ccc(F)cc1F. The Hall–Kier alpha value is -2.84. The van der Waals surface area contributed by atoms with Crippen LogP contribution in [0.15, 0.2) is 52.9 Å². The maximum Gasteiger partial charge on any atom is 0.230 e. The molecule has 27 heavy (non-hydrogen) atoms. The first kappa shape index (κ1) is 18.9. The minimum absolute atomic E-state index is 0.0706. The van der Waals surface area contributed by atoms with Crippen LogP contribution in [0.2, 0.25) is 5.02 Å². The standard InChI is InChI=1S/C18H13ClF2N4OS/c1-11(26)25(17-6-5-13(20)8-16(17)21)18-23-15(10-27-18)9-22-24-14-4-2-3-12(19)7-14/h2-10,24H,1H3/b22-9-. The first-order chi connectivity index (χ1) is 12.9. The smallest absolute Gasteiger partial charge is 0.230 e. The molecule has 0 atom stereocenters. The quantitative estimate of drug-likeness (QED) is 0.467. The summed E-state index contributed by atoms with van der Waals surface area (Å²) in [6.07, 6.45) is 1.46. The Labute approximate surface area is 162 Å². The lowest BCUT2D eigenvalue weighted by atomic mass is 10.2. The molecule has 3 aromatic rings. The number of carbonyl (C=O) groups is 1. The zero-order chi connectivity index (χ0) is 19.4. The third kappa shape index (κ3) is 4.66. The molecule has 2 aromatic carbocycles. The van der Waals surface area contributed by atoms with Gasteiger partial charge in [0.15, 0.2) is 5.13 Å². The van der Waals surface area contributed by atoms with Gasteiger partial charge in [-0.05, 0) is 30.3 Å². The van der Waals surface area contributed by atoms with E-state index in [-0.39, 0.29) is 10.8 Å². The van der Waals surface area contributed by atoms with E-state index in [2.05, 4.69) is 15.5 Å². The topological polar surface area (TPSA) is 57.6 Å². The molecule has 0 saturated carbocycles. The Morgan fingerprint density at radius 3 is 2.81 bits per heavy atom. The molecule has 0 unspecified atom stereocenters. The van der Waals surface area contributed by atoms with E-state index in [1.807, 2.05) is 0 Å². The molecule has 138 valence electrons. The van der Waals surface area contributed by atoms with Gasteiger partial charge in [-0.2, -0.15) is 5.10 Å². The molecular weight excluding hydrogens is 394 g/mol. The highest BCUT2D eigenvalue weighted by molar-refractivity contribution is 7.14. The first-order valence-electron chi connectivity index (χ1n) is 7.70. The van der Waals surface area contributed by atoms with Gasteiger partial charge in [-0.3, -0.25) is 15.1 Å². The van der Waals surface area contributed by atoms with Crippen molar-refractivity contribution in [2.75, 3.05) is 10.3 Å². The summed E-state index contributed by atoms with van der Waals surface area (Å²) < 4.78 is 27.2. The van der Waals surface area contributed by atoms with E-state index in [4.69, 9.17) is 11.6 Å². The van der Waals surface area contributed by atoms with Gasteiger partial charge in [0, 0.05) is 23.4 Å². The van der Waals surface area contributed by atoms with Crippen molar-refractivity contribution in [3.63, 3.8) is 0 Å². The van der Waals surface area contributed by atoms with Crippen LogP contribution in [0.5, 0.6) is 0 Å². The van der Waals surface area contributed by atoms with Gasteiger partial charge in [0.2, 0.25) is 5.91 Å². The monoisotopic (exact) mass is 406 g/mol. The Kier molecular flexibility index (Phi) is 5.78. The molecule has 0 aliphatic rings. The predicted molar refractivity (Wildman–Crippen MR) is 104 cm³/mol. The van der Waals surface area contributed by atoms with Crippen LogP contribution in [0.25, 0.3) is 0 Å². The number of benzene rings is 2. The Morgan fingerprint density at radius 1 is 1.30 bits per heavy atom. The average Bonchev–Trinajstić information content (AvgIpc) is 3.05. The highest BCUT2D eigenvalue weighted by Crippen LogP contribution is 2.30. The molecule has 1 amide bonds. The lowest BCUT2D eigenvalue weighted by molar-refractivity contribution is -0.115. The fourth-order valence-electron chi connectivity index (χ4n) is 2.24. The van der Waals surface area contributed by atoms with Crippen LogP contribution in [0, 0.1) is 11.6 Å². The van der Waals surface area contributed by atoms with Crippen molar-refractivity contribution in [1.29, 1.82) is 0 Å². The minimum atomic E-state index is -0.849. The van der Waals surface area contributed by atoms with Crippen LogP contribution in [0.4, 0.5) is 25.3 Å². The number of nitrogens with zero attached hydrogens (tertiary/aromatic N) is 3. The van der Waals surface area contributed by atoms with E-state index >= 15 is 0 Å². The van der Waals surface area contributed by atoms with E-state index in [0.717, 1.165) is 28.4 Å². The molecule has 0 aliphatic carbocycles. The molecule has 0 spiro atoms. The van der Waals surface area contributed by atoms with E-state index in [0.29, 0.717) is 16.4 Å². The summed E-state index contributed by atoms with van der Waals surface area (Å²) in [5.74, 6) is -2.02. The predicted octanol–water partition coefficient (Wildman–Crippen LogP) is 5.21. The molecule has 5 nitrogen and oxygen atoms in total. The third-order valence-electron chi connectivity index (χ3n) is 3.38. The van der Waals surface area contributed by atoms with E-state index < -0.39 is 17.5 Å². The van der Waals surface area contributed by atoms with Crippen LogP contribution in [-0.2, 0) is 4.79 Å². The van der Waals surface area contributed by atoms with E-state index in [1.54, 1.807) is 29.6 Å². The maximum absolute atomic E-state index is 14.1. The van der Waals surface area contributed by atoms with Gasteiger partial charge in [0.25, 0.3) is 0 Å². The van der Waals surface area contributed by atoms with Gasteiger partial charge in [-0.1, -0.05) is 17.7 Å². The Balaban J connectivity index is 1.80. The highest BCUT2D eigenvalue weighted by atomic mass is 35.5. The minimum Gasteiger partial charge on any atom is -0.278 e. The van der Waals surface area contributed by atoms with Crippen LogP contribution < -0.4 is 10.3 Å². The number of nitrogens with one attached hydrogen (secondary N) is 1. The molecular formula is C18H13ClF2N4OS. The lowest BCUT2D eigenvalue weighted by Crippen LogP contribution is -2.23. The Morgan fingerprint density at radius 2 is 2.11 bits per heavy atom. The van der Waals surface area contributed by atoms with Crippen molar-refractivity contribution in [2.24, 2.45) is 5.10 Å². The molecule has 0 aliphatic heterocycles. The summed E-state index contributed by atoms with van der Waals surface area (Å²) in [6, 6.07) is 10.0. The maximum atomic E-state index is 14.1. The zero-order valence-electron chi connectivity index (χ0n) is 14.0. The molecule has 0 saturated heterocycles. The van der Waals surface area contributed by atoms with E-state index in [9.17, 15) is 13.6 Å². The number of halogens is 3. The molecule has 0 fully saturated rings. The summed E-state index contributed by atoms with van der Waals surface area (Å²) in [5.41, 5.74) is 3.91. The normalized spacial score (nSPS) is 11.0. The number of hydrogen-bond donors (Lipinski definition) is 1. The van der Waals surface area contributed by atoms with Gasteiger partial charge < -0.3 is 0 Å². The second kappa shape index (κ2) is 8.24. The second-order valence-electron chi connectivity index (χ2n) is 5.39. The summed E-state index contributed by atoms with van der Waals surface area (Å²) in [6.45, 7) is 1.28. The summed E-state index contributed by atoms with van der Waals surface area (Å²) in [5, 5.41) is 6.54. The number of hydrogen-bond acceptors (Lipinski definition) is 5. The van der Waals surface area contributed by atoms with Gasteiger partial charge in [-0.25, -0.2) is 13.8 Å². The molecule has 1 aromatic heterocycles. The summed E-state index contributed by atoms with van der Waals surface area (Å²) >= 11 is 7.03. The fourth-order valence-corrected chi connectivity index (χ4v) is 3.26. The van der Waals surface area contributed by atoms with Crippen molar-refractivity contribution < 1.29 is 13.6 Å². The number of carbonyl (C=O) groups excluding carboxylic acids is 1. The third-order valence-corrected chi connectivity index (χ3v) is 4.46. The van der Waals surface area contributed by atoms with Gasteiger partial charge in [0.1, 0.15) is 11.6 Å². The fraction of sp³-hybridized carbons (Fsp3) is 0.0556. The van der Waals surface area contributed by atoms with Crippen molar-refractivity contribution in [3.05, 3.63) is 70.2 Å². The van der Waals surface area contributed by atoms with Gasteiger partial charge in [0.05, 0.1) is 23.3 Å². The summed E-state index contributed by atoms with van der Waals surface area (Å²) in [7, 11) is 0. The van der Waals surface area contributed by atoms with Gasteiger partial charge in [-0.15, -0.1) is 11.3 Å². The average molecular weight is 407 g/mol. The second-order valence-corrected chi connectivity index (χ2v) is 6.66. The number of rotatable bonds is 5. The molecule has 1 N–H and O–H groups in total. The molecule has 0 radical (unpaired) electrons. The van der Waals surface area contributed by atoms with Crippen LogP contribution >= 0.6 is 22.9 Å². The number of amides is 1. The molecule has 1 heterocycles. The van der Waals surface area contributed by atoms with Crippen molar-refractivity contribution in [2.45, 2.75) is 6.92 Å². The zero-order valence-corrected chi connectivity index (χ0v) is 15.6. The number of anilines is 3. The summed E-state index contributed by atoms with van der Waals surface area (Å²) in [4.78, 5) is 17.3. The van der Waals surface area contributed by atoms with Crippen LogP contribution in [0.3, 0.4) is 0 Å². The van der Waals surface area contributed by atoms with Gasteiger partial charge >= 0.3 is 0 Å². The van der Waals surface area contributed by atoms with Crippen LogP contribution in [-0.4, -0.2) is 17.1 Å². The Bertz CT molecular complexity index is 1010. The first-order valence-corrected chi connectivity index (χ1v) is 8.96. The van der Waals surface area contributed by atoms with Crippen molar-refractivity contribution in [1.82, 2.24) is 4.98 Å². The molecule has 9 heteroatoms. The van der Waals surface area contributed by atoms with Crippen molar-refractivity contribution in [3.8, 4) is 0 Å². The van der Waals surface area contributed by atoms with Crippen LogP contribution in [0.1, 0.15) is 12.6 Å². The molecule has 0 bridgehead atoms. The largest absolute Gasteiger partial charge is 0.278 e.